The highest BCUT2D eigenvalue weighted by Gasteiger charge is 2.56. The number of hydrogen-bond acceptors (Lipinski definition) is 2. The van der Waals surface area contributed by atoms with Gasteiger partial charge < -0.3 is 0 Å². The van der Waals surface area contributed by atoms with E-state index in [4.69, 9.17) is 0 Å². The van der Waals surface area contributed by atoms with Gasteiger partial charge in [0.05, 0.1) is 0 Å². The zero-order valence-electron chi connectivity index (χ0n) is 10.1. The zero-order chi connectivity index (χ0) is 11.8. The molecule has 0 aromatic rings. The maximum Gasteiger partial charge on any atom is 0.139 e. The second kappa shape index (κ2) is 3.83. The lowest BCUT2D eigenvalue weighted by molar-refractivity contribution is -0.151. The van der Waals surface area contributed by atoms with Crippen LogP contribution in [0.3, 0.4) is 0 Å². The molecule has 0 saturated heterocycles. The molecular weight excluding hydrogens is 200 g/mol. The van der Waals surface area contributed by atoms with Crippen molar-refractivity contribution in [3.05, 3.63) is 12.7 Å². The van der Waals surface area contributed by atoms with Gasteiger partial charge in [-0.3, -0.25) is 9.59 Å². The molecular formula is C14H20O2. The molecule has 2 heteroatoms. The molecule has 0 aliphatic heterocycles. The van der Waals surface area contributed by atoms with Crippen LogP contribution in [-0.4, -0.2) is 11.6 Å². The minimum Gasteiger partial charge on any atom is -0.300 e. The molecule has 2 nitrogen and oxygen atoms in total. The van der Waals surface area contributed by atoms with Crippen molar-refractivity contribution in [2.24, 2.45) is 10.8 Å². The van der Waals surface area contributed by atoms with Crippen LogP contribution in [0, 0.1) is 10.8 Å². The number of Topliss-reactive ketones (excluding diaryl/α,β-unsaturated/α-hetero) is 2. The summed E-state index contributed by atoms with van der Waals surface area (Å²) in [5.74, 6) is 0.700. The first-order valence-corrected chi connectivity index (χ1v) is 6.20. The van der Waals surface area contributed by atoms with Crippen molar-refractivity contribution in [2.45, 2.75) is 51.9 Å². The van der Waals surface area contributed by atoms with Crippen molar-refractivity contribution in [2.75, 3.05) is 0 Å². The first-order chi connectivity index (χ1) is 7.54. The fourth-order valence-corrected chi connectivity index (χ4v) is 3.74. The van der Waals surface area contributed by atoms with Gasteiger partial charge in [0.2, 0.25) is 0 Å². The molecule has 2 atom stereocenters. The van der Waals surface area contributed by atoms with Gasteiger partial charge in [-0.2, -0.15) is 0 Å². The van der Waals surface area contributed by atoms with E-state index >= 15 is 0 Å². The van der Waals surface area contributed by atoms with Gasteiger partial charge in [-0.15, -0.1) is 6.58 Å². The maximum absolute atomic E-state index is 12.3. The van der Waals surface area contributed by atoms with Crippen LogP contribution < -0.4 is 0 Å². The number of carbonyl (C=O) groups excluding carboxylic acids is 2. The molecule has 0 radical (unpaired) electrons. The van der Waals surface area contributed by atoms with E-state index < -0.39 is 0 Å². The smallest absolute Gasteiger partial charge is 0.139 e. The second-order valence-electron chi connectivity index (χ2n) is 5.63. The van der Waals surface area contributed by atoms with Crippen molar-refractivity contribution in [3.8, 4) is 0 Å². The number of carbonyl (C=O) groups is 2. The maximum atomic E-state index is 12.3. The summed E-state index contributed by atoms with van der Waals surface area (Å²) in [6, 6.07) is 0. The summed E-state index contributed by atoms with van der Waals surface area (Å²) < 4.78 is 0. The van der Waals surface area contributed by atoms with E-state index in [1.165, 1.54) is 0 Å². The molecule has 2 aliphatic carbocycles. The number of rotatable bonds is 2. The molecule has 0 amide bonds. The Morgan fingerprint density at radius 3 is 2.75 bits per heavy atom. The summed E-state index contributed by atoms with van der Waals surface area (Å²) in [6.45, 7) is 5.92. The molecule has 2 fully saturated rings. The van der Waals surface area contributed by atoms with Crippen molar-refractivity contribution in [1.82, 2.24) is 0 Å². The Labute approximate surface area is 97.1 Å². The first-order valence-electron chi connectivity index (χ1n) is 6.20. The third kappa shape index (κ3) is 1.47. The van der Waals surface area contributed by atoms with Crippen LogP contribution in [0.15, 0.2) is 12.7 Å². The van der Waals surface area contributed by atoms with Crippen molar-refractivity contribution >= 4 is 11.6 Å². The average molecular weight is 220 g/mol. The molecule has 0 aromatic carbocycles. The van der Waals surface area contributed by atoms with Crippen LogP contribution in [0.25, 0.3) is 0 Å². The lowest BCUT2D eigenvalue weighted by atomic mass is 9.49. The van der Waals surface area contributed by atoms with Gasteiger partial charge in [0, 0.05) is 24.7 Å². The van der Waals surface area contributed by atoms with Gasteiger partial charge in [-0.1, -0.05) is 13.0 Å². The molecule has 88 valence electrons. The Kier molecular flexibility index (Phi) is 2.77. The Hall–Kier alpha value is -0.920. The third-order valence-corrected chi connectivity index (χ3v) is 4.73. The van der Waals surface area contributed by atoms with E-state index in [1.807, 2.05) is 6.08 Å². The van der Waals surface area contributed by atoms with Crippen LogP contribution >= 0.6 is 0 Å². The molecule has 2 saturated carbocycles. The fourth-order valence-electron chi connectivity index (χ4n) is 3.74. The van der Waals surface area contributed by atoms with Gasteiger partial charge in [-0.05, 0) is 31.1 Å². The summed E-state index contributed by atoms with van der Waals surface area (Å²) in [6.07, 6.45) is 7.17. The van der Waals surface area contributed by atoms with Crippen LogP contribution in [0.4, 0.5) is 0 Å². The number of allylic oxidation sites excluding steroid dienone is 1. The topological polar surface area (TPSA) is 34.1 Å². The Balaban J connectivity index is 2.40. The molecule has 2 rings (SSSR count). The Bertz CT molecular complexity index is 345. The quantitative estimate of drug-likeness (QED) is 0.670. The summed E-state index contributed by atoms with van der Waals surface area (Å²) in [5.41, 5.74) is -0.382. The number of ketones is 2. The minimum atomic E-state index is -0.277. The SMILES string of the molecule is C=CC[C@]12CCC(=O)C[C@@]1(C)CCCC2=O. The summed E-state index contributed by atoms with van der Waals surface area (Å²) in [4.78, 5) is 23.9. The fraction of sp³-hybridized carbons (Fsp3) is 0.714. The molecule has 0 bridgehead atoms. The highest BCUT2D eigenvalue weighted by molar-refractivity contribution is 5.91. The molecule has 0 unspecified atom stereocenters. The molecule has 0 spiro atoms. The van der Waals surface area contributed by atoms with Crippen LogP contribution in [-0.2, 0) is 9.59 Å². The number of fused-ring (bicyclic) bond motifs is 1. The van der Waals surface area contributed by atoms with Gasteiger partial charge in [0.15, 0.2) is 0 Å². The summed E-state index contributed by atoms with van der Waals surface area (Å²) in [7, 11) is 0. The van der Waals surface area contributed by atoms with E-state index in [0.717, 1.165) is 25.7 Å². The van der Waals surface area contributed by atoms with Crippen molar-refractivity contribution in [3.63, 3.8) is 0 Å². The third-order valence-electron chi connectivity index (χ3n) is 4.73. The first kappa shape index (κ1) is 11.6. The van der Waals surface area contributed by atoms with Crippen LogP contribution in [0.5, 0.6) is 0 Å². The highest BCUT2D eigenvalue weighted by atomic mass is 16.1. The zero-order valence-corrected chi connectivity index (χ0v) is 10.1. The predicted octanol–water partition coefficient (Wildman–Crippen LogP) is 3.06. The van der Waals surface area contributed by atoms with Gasteiger partial charge in [0.1, 0.15) is 11.6 Å². The van der Waals surface area contributed by atoms with E-state index in [0.29, 0.717) is 30.8 Å². The van der Waals surface area contributed by atoms with E-state index in [-0.39, 0.29) is 10.8 Å². The molecule has 0 aromatic heterocycles. The molecule has 2 aliphatic rings. The molecule has 16 heavy (non-hydrogen) atoms. The van der Waals surface area contributed by atoms with Crippen LogP contribution in [0.2, 0.25) is 0 Å². The van der Waals surface area contributed by atoms with E-state index in [2.05, 4.69) is 13.5 Å². The molecule has 0 heterocycles. The number of hydrogen-bond donors (Lipinski definition) is 0. The Morgan fingerprint density at radius 2 is 2.06 bits per heavy atom. The van der Waals surface area contributed by atoms with Gasteiger partial charge in [0.25, 0.3) is 0 Å². The van der Waals surface area contributed by atoms with Gasteiger partial charge >= 0.3 is 0 Å². The predicted molar refractivity (Wildman–Crippen MR) is 63.1 cm³/mol. The second-order valence-corrected chi connectivity index (χ2v) is 5.63. The van der Waals surface area contributed by atoms with E-state index in [9.17, 15) is 9.59 Å². The van der Waals surface area contributed by atoms with Gasteiger partial charge in [-0.25, -0.2) is 0 Å². The Morgan fingerprint density at radius 1 is 1.31 bits per heavy atom. The summed E-state index contributed by atoms with van der Waals surface area (Å²) >= 11 is 0. The van der Waals surface area contributed by atoms with Crippen molar-refractivity contribution < 1.29 is 9.59 Å². The lowest BCUT2D eigenvalue weighted by Gasteiger charge is -2.53. The normalized spacial score (nSPS) is 39.3. The van der Waals surface area contributed by atoms with Crippen LogP contribution in [0.1, 0.15) is 51.9 Å². The summed E-state index contributed by atoms with van der Waals surface area (Å²) in [5, 5.41) is 0. The standard InChI is InChI=1S/C14H20O2/c1-3-7-14-9-6-11(15)10-13(14,2)8-4-5-12(14)16/h3H,1,4-10H2,2H3/t13-,14-/m1/s1. The average Bonchev–Trinajstić information content (AvgIpc) is 2.21. The largest absolute Gasteiger partial charge is 0.300 e. The highest BCUT2D eigenvalue weighted by Crippen LogP contribution is 2.58. The minimum absolute atomic E-state index is 0.105. The monoisotopic (exact) mass is 220 g/mol. The lowest BCUT2D eigenvalue weighted by Crippen LogP contribution is -2.52. The van der Waals surface area contributed by atoms with Crippen molar-refractivity contribution in [1.29, 1.82) is 0 Å². The molecule has 0 N–H and O–H groups in total. The van der Waals surface area contributed by atoms with E-state index in [1.54, 1.807) is 0 Å².